The first kappa shape index (κ1) is 17.4. The van der Waals surface area contributed by atoms with E-state index in [0.29, 0.717) is 5.69 Å². The second-order valence-corrected chi connectivity index (χ2v) is 7.37. The molecule has 1 aliphatic rings. The van der Waals surface area contributed by atoms with Crippen molar-refractivity contribution in [1.29, 1.82) is 0 Å². The third kappa shape index (κ3) is 3.00. The van der Waals surface area contributed by atoms with Gasteiger partial charge in [-0.2, -0.15) is 0 Å². The molecule has 0 saturated heterocycles. The number of aliphatic hydroxyl groups is 1. The van der Waals surface area contributed by atoms with E-state index in [-0.39, 0.29) is 17.3 Å². The van der Waals surface area contributed by atoms with Crippen LogP contribution in [0.3, 0.4) is 0 Å². The normalized spacial score (nSPS) is 17.7. The summed E-state index contributed by atoms with van der Waals surface area (Å²) in [5.74, 6) is -1.45. The van der Waals surface area contributed by atoms with Gasteiger partial charge in [0.1, 0.15) is 6.04 Å². The maximum atomic E-state index is 12.8. The predicted molar refractivity (Wildman–Crippen MR) is 99.9 cm³/mol. The Bertz CT molecular complexity index is 819. The number of thiophene rings is 1. The highest BCUT2D eigenvalue weighted by Gasteiger charge is 2.45. The molecule has 1 N–H and O–H groups in total. The summed E-state index contributed by atoms with van der Waals surface area (Å²) in [6, 6.07) is 10.9. The topological polar surface area (TPSA) is 57.6 Å². The molecule has 2 heterocycles. The number of hydrogen-bond acceptors (Lipinski definition) is 4. The molecule has 0 fully saturated rings. The summed E-state index contributed by atoms with van der Waals surface area (Å²) in [7, 11) is 0. The molecule has 5 heteroatoms. The van der Waals surface area contributed by atoms with E-state index in [1.54, 1.807) is 13.8 Å². The second kappa shape index (κ2) is 6.84. The number of nitrogens with zero attached hydrogens (tertiary/aromatic N) is 1. The standard InChI is InChI=1S/C20H21NO3S/c1-4-13-7-9-14(10-8-13)21-17(15-6-5-11-25-15)16(18(22)12(2)3)19(23)20(21)24/h5-12,17,23H,4H2,1-3H3. The fourth-order valence-corrected chi connectivity index (χ4v) is 3.87. The van der Waals surface area contributed by atoms with Crippen LogP contribution in [0.15, 0.2) is 53.1 Å². The van der Waals surface area contributed by atoms with Crippen molar-refractivity contribution in [2.75, 3.05) is 4.90 Å². The number of rotatable bonds is 5. The van der Waals surface area contributed by atoms with Crippen LogP contribution < -0.4 is 4.90 Å². The highest BCUT2D eigenvalue weighted by molar-refractivity contribution is 7.10. The summed E-state index contributed by atoms with van der Waals surface area (Å²) in [5.41, 5.74) is 2.04. The molecule has 1 aromatic carbocycles. The van der Waals surface area contributed by atoms with Crippen molar-refractivity contribution in [3.63, 3.8) is 0 Å². The summed E-state index contributed by atoms with van der Waals surface area (Å²) in [5, 5.41) is 12.4. The van der Waals surface area contributed by atoms with Gasteiger partial charge < -0.3 is 5.11 Å². The van der Waals surface area contributed by atoms with E-state index >= 15 is 0 Å². The number of carbonyl (C=O) groups is 2. The van der Waals surface area contributed by atoms with E-state index in [4.69, 9.17) is 0 Å². The molecule has 1 atom stereocenters. The predicted octanol–water partition coefficient (Wildman–Crippen LogP) is 4.44. The lowest BCUT2D eigenvalue weighted by atomic mass is 9.94. The Balaban J connectivity index is 2.11. The summed E-state index contributed by atoms with van der Waals surface area (Å²) in [4.78, 5) is 27.9. The summed E-state index contributed by atoms with van der Waals surface area (Å²) < 4.78 is 0. The molecule has 0 aliphatic carbocycles. The number of aryl methyl sites for hydroxylation is 1. The molecule has 130 valence electrons. The van der Waals surface area contributed by atoms with Gasteiger partial charge in [-0.3, -0.25) is 14.5 Å². The Labute approximate surface area is 151 Å². The summed E-state index contributed by atoms with van der Waals surface area (Å²) in [6.45, 7) is 5.62. The van der Waals surface area contributed by atoms with E-state index in [1.165, 1.54) is 21.8 Å². The van der Waals surface area contributed by atoms with Crippen LogP contribution in [0.2, 0.25) is 0 Å². The number of aliphatic hydroxyl groups excluding tert-OH is 1. The van der Waals surface area contributed by atoms with Crippen molar-refractivity contribution >= 4 is 28.7 Å². The van der Waals surface area contributed by atoms with E-state index in [1.807, 2.05) is 41.8 Å². The van der Waals surface area contributed by atoms with Crippen LogP contribution in [0.4, 0.5) is 5.69 Å². The second-order valence-electron chi connectivity index (χ2n) is 6.39. The van der Waals surface area contributed by atoms with Crippen LogP contribution >= 0.6 is 11.3 Å². The highest BCUT2D eigenvalue weighted by atomic mass is 32.1. The molecule has 4 nitrogen and oxygen atoms in total. The minimum absolute atomic E-state index is 0.196. The number of hydrogen-bond donors (Lipinski definition) is 1. The minimum Gasteiger partial charge on any atom is -0.503 e. The zero-order chi connectivity index (χ0) is 18.1. The molecule has 2 aromatic rings. The lowest BCUT2D eigenvalue weighted by molar-refractivity contribution is -0.119. The average molecular weight is 355 g/mol. The van der Waals surface area contributed by atoms with Gasteiger partial charge in [0.05, 0.1) is 5.57 Å². The molecule has 0 saturated carbocycles. The van der Waals surface area contributed by atoms with Gasteiger partial charge in [-0.05, 0) is 35.6 Å². The smallest absolute Gasteiger partial charge is 0.294 e. The first-order chi connectivity index (χ1) is 12.0. The van der Waals surface area contributed by atoms with Crippen LogP contribution in [0, 0.1) is 5.92 Å². The van der Waals surface area contributed by atoms with Gasteiger partial charge in [0, 0.05) is 16.5 Å². The van der Waals surface area contributed by atoms with Crippen LogP contribution in [0.5, 0.6) is 0 Å². The van der Waals surface area contributed by atoms with Crippen LogP contribution in [0.1, 0.15) is 37.3 Å². The summed E-state index contributed by atoms with van der Waals surface area (Å²) >= 11 is 1.47. The molecule has 1 aromatic heterocycles. The zero-order valence-electron chi connectivity index (χ0n) is 14.5. The van der Waals surface area contributed by atoms with Crippen molar-refractivity contribution in [2.45, 2.75) is 33.2 Å². The highest BCUT2D eigenvalue weighted by Crippen LogP contribution is 2.43. The molecular formula is C20H21NO3S. The molecule has 0 radical (unpaired) electrons. The molecule has 1 aliphatic heterocycles. The molecule has 25 heavy (non-hydrogen) atoms. The van der Waals surface area contributed by atoms with E-state index in [0.717, 1.165) is 11.3 Å². The number of benzene rings is 1. The molecule has 0 spiro atoms. The number of carbonyl (C=O) groups excluding carboxylic acids is 2. The number of anilines is 1. The SMILES string of the molecule is CCc1ccc(N2C(=O)C(O)=C(C(=O)C(C)C)C2c2cccs2)cc1. The minimum atomic E-state index is -0.574. The van der Waals surface area contributed by atoms with Gasteiger partial charge in [0.2, 0.25) is 0 Å². The van der Waals surface area contributed by atoms with E-state index < -0.39 is 17.7 Å². The molecular weight excluding hydrogens is 334 g/mol. The van der Waals surface area contributed by atoms with Gasteiger partial charge in [-0.15, -0.1) is 11.3 Å². The molecule has 0 bridgehead atoms. The fraction of sp³-hybridized carbons (Fsp3) is 0.300. The monoisotopic (exact) mass is 355 g/mol. The van der Waals surface area contributed by atoms with Crippen LogP contribution in [-0.2, 0) is 16.0 Å². The maximum Gasteiger partial charge on any atom is 0.294 e. The van der Waals surface area contributed by atoms with Crippen molar-refractivity contribution in [1.82, 2.24) is 0 Å². The largest absolute Gasteiger partial charge is 0.503 e. The Morgan fingerprint density at radius 3 is 2.44 bits per heavy atom. The average Bonchev–Trinajstić information content (AvgIpc) is 3.22. The Hall–Kier alpha value is -2.40. The van der Waals surface area contributed by atoms with Gasteiger partial charge in [-0.25, -0.2) is 0 Å². The summed E-state index contributed by atoms with van der Waals surface area (Å²) in [6.07, 6.45) is 0.906. The number of ketones is 1. The lowest BCUT2D eigenvalue weighted by Gasteiger charge is -2.26. The van der Waals surface area contributed by atoms with Crippen LogP contribution in [0.25, 0.3) is 0 Å². The van der Waals surface area contributed by atoms with Crippen molar-refractivity contribution in [2.24, 2.45) is 5.92 Å². The maximum absolute atomic E-state index is 12.8. The quantitative estimate of drug-likeness (QED) is 0.863. The van der Waals surface area contributed by atoms with Crippen molar-refractivity contribution < 1.29 is 14.7 Å². The third-order valence-corrected chi connectivity index (χ3v) is 5.36. The first-order valence-electron chi connectivity index (χ1n) is 8.39. The Morgan fingerprint density at radius 1 is 1.24 bits per heavy atom. The van der Waals surface area contributed by atoms with Crippen LogP contribution in [-0.4, -0.2) is 16.8 Å². The van der Waals surface area contributed by atoms with E-state index in [9.17, 15) is 14.7 Å². The van der Waals surface area contributed by atoms with Gasteiger partial charge in [0.25, 0.3) is 5.91 Å². The number of Topliss-reactive ketones (excluding diaryl/α,β-unsaturated/α-hetero) is 1. The van der Waals surface area contributed by atoms with E-state index in [2.05, 4.69) is 6.92 Å². The molecule has 1 unspecified atom stereocenters. The van der Waals surface area contributed by atoms with Gasteiger partial charge in [0.15, 0.2) is 11.5 Å². The lowest BCUT2D eigenvalue weighted by Crippen LogP contribution is -2.31. The van der Waals surface area contributed by atoms with Gasteiger partial charge in [-0.1, -0.05) is 39.0 Å². The van der Waals surface area contributed by atoms with Gasteiger partial charge >= 0.3 is 0 Å². The zero-order valence-corrected chi connectivity index (χ0v) is 15.3. The fourth-order valence-electron chi connectivity index (χ4n) is 3.04. The first-order valence-corrected chi connectivity index (χ1v) is 9.26. The Kier molecular flexibility index (Phi) is 4.77. The Morgan fingerprint density at radius 2 is 1.92 bits per heavy atom. The molecule has 1 amide bonds. The van der Waals surface area contributed by atoms with Crippen molar-refractivity contribution in [3.8, 4) is 0 Å². The third-order valence-electron chi connectivity index (χ3n) is 4.43. The van der Waals surface area contributed by atoms with Crippen molar-refractivity contribution in [3.05, 3.63) is 63.6 Å². The number of amides is 1. The molecule has 3 rings (SSSR count).